The summed E-state index contributed by atoms with van der Waals surface area (Å²) in [6.07, 6.45) is -0.981. The van der Waals surface area contributed by atoms with Gasteiger partial charge in [0, 0.05) is 25.4 Å². The Kier molecular flexibility index (Phi) is 11.0. The van der Waals surface area contributed by atoms with Crippen LogP contribution in [0.1, 0.15) is 52.9 Å². The molecule has 162 valence electrons. The molecule has 1 rings (SSSR count). The van der Waals surface area contributed by atoms with Crippen molar-refractivity contribution in [2.24, 2.45) is 16.3 Å². The summed E-state index contributed by atoms with van der Waals surface area (Å²) >= 11 is 0. The molecule has 0 saturated heterocycles. The summed E-state index contributed by atoms with van der Waals surface area (Å²) in [5.74, 6) is -0.675. The predicted molar refractivity (Wildman–Crippen MR) is 114 cm³/mol. The van der Waals surface area contributed by atoms with Crippen molar-refractivity contribution in [1.82, 2.24) is 10.6 Å². The van der Waals surface area contributed by atoms with E-state index in [1.165, 1.54) is 6.26 Å². The van der Waals surface area contributed by atoms with E-state index in [4.69, 9.17) is 0 Å². The molecule has 10 heteroatoms. The SMILES string of the molecule is CCNC(=NCC(C)(C)CCS(C)(=O)=O)NC1CCCC(C(F)(F)F)C1.I. The highest BCUT2D eigenvalue weighted by Crippen LogP contribution is 2.37. The smallest absolute Gasteiger partial charge is 0.357 e. The minimum atomic E-state index is -4.15. The van der Waals surface area contributed by atoms with Gasteiger partial charge in [-0.15, -0.1) is 24.0 Å². The summed E-state index contributed by atoms with van der Waals surface area (Å²) in [6.45, 7) is 6.76. The highest BCUT2D eigenvalue weighted by Gasteiger charge is 2.42. The molecule has 1 aliphatic rings. The lowest BCUT2D eigenvalue weighted by molar-refractivity contribution is -0.183. The summed E-state index contributed by atoms with van der Waals surface area (Å²) in [5.41, 5.74) is -0.313. The molecule has 27 heavy (non-hydrogen) atoms. The van der Waals surface area contributed by atoms with Crippen molar-refractivity contribution < 1.29 is 21.6 Å². The monoisotopic (exact) mass is 527 g/mol. The van der Waals surface area contributed by atoms with Gasteiger partial charge in [-0.05, 0) is 38.0 Å². The lowest BCUT2D eigenvalue weighted by atomic mass is 9.85. The summed E-state index contributed by atoms with van der Waals surface area (Å²) in [4.78, 5) is 4.49. The molecule has 0 aliphatic heterocycles. The largest absolute Gasteiger partial charge is 0.391 e. The first-order valence-corrected chi connectivity index (χ1v) is 11.2. The molecule has 5 nitrogen and oxygen atoms in total. The number of aliphatic imine (C=N–C) groups is 1. The summed E-state index contributed by atoms with van der Waals surface area (Å²) in [5, 5.41) is 6.19. The number of hydrogen-bond acceptors (Lipinski definition) is 3. The number of guanidine groups is 1. The van der Waals surface area contributed by atoms with E-state index in [1.807, 2.05) is 20.8 Å². The molecule has 0 aromatic rings. The molecule has 0 aromatic carbocycles. The van der Waals surface area contributed by atoms with Crippen molar-refractivity contribution in [2.75, 3.05) is 25.1 Å². The van der Waals surface area contributed by atoms with E-state index in [-0.39, 0.29) is 54.0 Å². The van der Waals surface area contributed by atoms with Crippen LogP contribution in [-0.2, 0) is 9.84 Å². The zero-order valence-corrected chi connectivity index (χ0v) is 19.7. The van der Waals surface area contributed by atoms with Gasteiger partial charge in [0.2, 0.25) is 0 Å². The second-order valence-electron chi connectivity index (χ2n) is 7.99. The molecule has 2 N–H and O–H groups in total. The summed E-state index contributed by atoms with van der Waals surface area (Å²) in [6, 6.07) is -0.257. The summed E-state index contributed by atoms with van der Waals surface area (Å²) in [7, 11) is -3.04. The first kappa shape index (κ1) is 26.7. The molecule has 2 atom stereocenters. The third-order valence-corrected chi connectivity index (χ3v) is 5.58. The Labute approximate surface area is 178 Å². The third kappa shape index (κ3) is 11.4. The van der Waals surface area contributed by atoms with Gasteiger partial charge in [0.1, 0.15) is 9.84 Å². The first-order valence-electron chi connectivity index (χ1n) is 9.12. The van der Waals surface area contributed by atoms with Crippen molar-refractivity contribution in [1.29, 1.82) is 0 Å². The Hall–Kier alpha value is -0.260. The predicted octanol–water partition coefficient (Wildman–Crippen LogP) is 3.74. The van der Waals surface area contributed by atoms with E-state index in [9.17, 15) is 21.6 Å². The standard InChI is InChI=1S/C17H32F3N3O2S.HI/c1-5-21-15(22-12-16(2,3)9-10-26(4,24)25)23-14-8-6-7-13(11-14)17(18,19)20;/h13-14H,5-12H2,1-4H3,(H2,21,22,23);1H. The molecular weight excluding hydrogens is 494 g/mol. The average molecular weight is 527 g/mol. The quantitative estimate of drug-likeness (QED) is 0.301. The highest BCUT2D eigenvalue weighted by molar-refractivity contribution is 14.0. The number of alkyl halides is 3. The van der Waals surface area contributed by atoms with E-state index >= 15 is 0 Å². The van der Waals surface area contributed by atoms with E-state index < -0.39 is 21.9 Å². The number of rotatable bonds is 7. The molecule has 0 amide bonds. The Bertz CT molecular complexity index is 580. The molecule has 0 radical (unpaired) electrons. The second kappa shape index (κ2) is 11.1. The van der Waals surface area contributed by atoms with Crippen molar-refractivity contribution >= 4 is 39.8 Å². The molecule has 0 heterocycles. The van der Waals surface area contributed by atoms with Gasteiger partial charge in [0.15, 0.2) is 5.96 Å². The number of nitrogens with one attached hydrogen (secondary N) is 2. The topological polar surface area (TPSA) is 70.6 Å². The molecular formula is C17H33F3IN3O2S. The van der Waals surface area contributed by atoms with E-state index in [1.54, 1.807) is 0 Å². The van der Waals surface area contributed by atoms with Crippen LogP contribution in [0.4, 0.5) is 13.2 Å². The van der Waals surface area contributed by atoms with E-state index in [2.05, 4.69) is 15.6 Å². The zero-order chi connectivity index (χ0) is 20.0. The molecule has 0 bridgehead atoms. The van der Waals surface area contributed by atoms with Gasteiger partial charge in [0.25, 0.3) is 0 Å². The van der Waals surface area contributed by atoms with Crippen LogP contribution in [0.5, 0.6) is 0 Å². The van der Waals surface area contributed by atoms with Crippen LogP contribution in [0.25, 0.3) is 0 Å². The molecule has 1 aliphatic carbocycles. The van der Waals surface area contributed by atoms with Crippen LogP contribution in [0.15, 0.2) is 4.99 Å². The average Bonchev–Trinajstić information content (AvgIpc) is 2.50. The van der Waals surface area contributed by atoms with Crippen molar-refractivity contribution in [2.45, 2.75) is 65.1 Å². The van der Waals surface area contributed by atoms with Gasteiger partial charge < -0.3 is 10.6 Å². The lowest BCUT2D eigenvalue weighted by Crippen LogP contribution is -2.47. The van der Waals surface area contributed by atoms with Crippen LogP contribution in [-0.4, -0.2) is 51.7 Å². The maximum atomic E-state index is 13.0. The first-order chi connectivity index (χ1) is 11.8. The van der Waals surface area contributed by atoms with Gasteiger partial charge in [0.05, 0.1) is 11.7 Å². The highest BCUT2D eigenvalue weighted by atomic mass is 127. The Balaban J connectivity index is 0.00000676. The van der Waals surface area contributed by atoms with Crippen LogP contribution in [0, 0.1) is 11.3 Å². The van der Waals surface area contributed by atoms with Crippen LogP contribution in [0.3, 0.4) is 0 Å². The van der Waals surface area contributed by atoms with Crippen LogP contribution >= 0.6 is 24.0 Å². The van der Waals surface area contributed by atoms with Crippen molar-refractivity contribution in [3.63, 3.8) is 0 Å². The lowest BCUT2D eigenvalue weighted by Gasteiger charge is -2.32. The van der Waals surface area contributed by atoms with Crippen LogP contribution < -0.4 is 10.6 Å². The van der Waals surface area contributed by atoms with Crippen molar-refractivity contribution in [3.8, 4) is 0 Å². The van der Waals surface area contributed by atoms with Gasteiger partial charge >= 0.3 is 6.18 Å². The second-order valence-corrected chi connectivity index (χ2v) is 10.2. The molecule has 2 unspecified atom stereocenters. The third-order valence-electron chi connectivity index (χ3n) is 4.64. The van der Waals surface area contributed by atoms with E-state index in [0.29, 0.717) is 38.3 Å². The number of halogens is 4. The van der Waals surface area contributed by atoms with Gasteiger partial charge in [-0.2, -0.15) is 13.2 Å². The Morgan fingerprint density at radius 3 is 2.37 bits per heavy atom. The number of sulfone groups is 1. The Morgan fingerprint density at radius 1 is 1.22 bits per heavy atom. The molecule has 0 aromatic heterocycles. The van der Waals surface area contributed by atoms with Gasteiger partial charge in [-0.25, -0.2) is 8.42 Å². The fourth-order valence-corrected chi connectivity index (χ4v) is 3.89. The van der Waals surface area contributed by atoms with Gasteiger partial charge in [-0.3, -0.25) is 4.99 Å². The van der Waals surface area contributed by atoms with Crippen LogP contribution in [0.2, 0.25) is 0 Å². The summed E-state index contributed by atoms with van der Waals surface area (Å²) < 4.78 is 61.6. The molecule has 0 spiro atoms. The zero-order valence-electron chi connectivity index (χ0n) is 16.5. The Morgan fingerprint density at radius 2 is 1.85 bits per heavy atom. The fourth-order valence-electron chi connectivity index (χ4n) is 2.97. The number of hydrogen-bond donors (Lipinski definition) is 2. The minimum Gasteiger partial charge on any atom is -0.357 e. The number of nitrogens with zero attached hydrogens (tertiary/aromatic N) is 1. The van der Waals surface area contributed by atoms with E-state index in [0.717, 1.165) is 0 Å². The molecule has 1 fully saturated rings. The maximum Gasteiger partial charge on any atom is 0.391 e. The fraction of sp³-hybridized carbons (Fsp3) is 0.941. The normalized spacial score (nSPS) is 22.1. The molecule has 1 saturated carbocycles. The van der Waals surface area contributed by atoms with Crippen molar-refractivity contribution in [3.05, 3.63) is 0 Å². The minimum absolute atomic E-state index is 0. The maximum absolute atomic E-state index is 13.0. The van der Waals surface area contributed by atoms with Gasteiger partial charge in [-0.1, -0.05) is 20.3 Å².